The van der Waals surface area contributed by atoms with Crippen LogP contribution in [0.25, 0.3) is 0 Å². The second-order valence-electron chi connectivity index (χ2n) is 4.18. The summed E-state index contributed by atoms with van der Waals surface area (Å²) in [5.74, 6) is -0.535. The van der Waals surface area contributed by atoms with Gasteiger partial charge in [0.1, 0.15) is 18.3 Å². The monoisotopic (exact) mass is 188 g/mol. The van der Waals surface area contributed by atoms with Gasteiger partial charge >= 0.3 is 0 Å². The summed E-state index contributed by atoms with van der Waals surface area (Å²) >= 11 is 0. The van der Waals surface area contributed by atoms with Crippen molar-refractivity contribution in [1.82, 2.24) is 0 Å². The van der Waals surface area contributed by atoms with Crippen LogP contribution in [0, 0.1) is 0 Å². The number of hydrogen-bond acceptors (Lipinski definition) is 4. The Morgan fingerprint density at radius 1 is 1.38 bits per heavy atom. The molecule has 4 atom stereocenters. The minimum atomic E-state index is -0.535. The zero-order valence-electron chi connectivity index (χ0n) is 8.19. The third-order valence-electron chi connectivity index (χ3n) is 2.47. The first-order chi connectivity index (χ1) is 5.99. The second-order valence-corrected chi connectivity index (χ2v) is 4.18. The molecule has 13 heavy (non-hydrogen) atoms. The van der Waals surface area contributed by atoms with Crippen LogP contribution in [0.3, 0.4) is 0 Å². The van der Waals surface area contributed by atoms with Crippen molar-refractivity contribution in [3.05, 3.63) is 0 Å². The van der Waals surface area contributed by atoms with Gasteiger partial charge in [0, 0.05) is 0 Å². The van der Waals surface area contributed by atoms with Gasteiger partial charge in [0.25, 0.3) is 0 Å². The largest absolute Gasteiger partial charge is 0.391 e. The predicted octanol–water partition coefficient (Wildman–Crippen LogP) is 0.286. The summed E-state index contributed by atoms with van der Waals surface area (Å²) < 4.78 is 16.6. The van der Waals surface area contributed by atoms with Crippen LogP contribution in [0.5, 0.6) is 0 Å². The standard InChI is InChI=1S/C9H16O4/c1-5(10)7-8-6(4-11-7)12-9(2,3)13-8/h5-8,10H,4H2,1-3H3/t5-,6-,7-,8-/m1/s1. The molecule has 4 nitrogen and oxygen atoms in total. The summed E-state index contributed by atoms with van der Waals surface area (Å²) in [6.07, 6.45) is -0.885. The minimum absolute atomic E-state index is 0.0189. The van der Waals surface area contributed by atoms with E-state index in [1.54, 1.807) is 6.92 Å². The molecule has 0 spiro atoms. The number of hydrogen-bond donors (Lipinski definition) is 1. The molecular formula is C9H16O4. The Kier molecular flexibility index (Phi) is 2.11. The molecule has 0 amide bonds. The van der Waals surface area contributed by atoms with Gasteiger partial charge in [0.15, 0.2) is 5.79 Å². The summed E-state index contributed by atoms with van der Waals surface area (Å²) in [5, 5.41) is 9.41. The second kappa shape index (κ2) is 2.92. The van der Waals surface area contributed by atoms with Crippen molar-refractivity contribution in [3.63, 3.8) is 0 Å². The van der Waals surface area contributed by atoms with Gasteiger partial charge in [-0.15, -0.1) is 0 Å². The van der Waals surface area contributed by atoms with Gasteiger partial charge in [-0.3, -0.25) is 0 Å². The predicted molar refractivity (Wildman–Crippen MR) is 45.2 cm³/mol. The molecule has 4 heteroatoms. The summed E-state index contributed by atoms with van der Waals surface area (Å²) in [6.45, 7) is 5.99. The summed E-state index contributed by atoms with van der Waals surface area (Å²) in [7, 11) is 0. The summed E-state index contributed by atoms with van der Waals surface area (Å²) in [4.78, 5) is 0. The molecule has 0 unspecified atom stereocenters. The molecule has 1 N–H and O–H groups in total. The smallest absolute Gasteiger partial charge is 0.164 e. The molecule has 0 bridgehead atoms. The molecule has 2 saturated heterocycles. The van der Waals surface area contributed by atoms with E-state index in [4.69, 9.17) is 14.2 Å². The van der Waals surface area contributed by atoms with Gasteiger partial charge in [0.05, 0.1) is 12.7 Å². The molecule has 2 heterocycles. The van der Waals surface area contributed by atoms with E-state index in [0.717, 1.165) is 0 Å². The van der Waals surface area contributed by atoms with Gasteiger partial charge in [-0.2, -0.15) is 0 Å². The fourth-order valence-corrected chi connectivity index (χ4v) is 1.99. The van der Waals surface area contributed by atoms with E-state index in [1.807, 2.05) is 13.8 Å². The summed E-state index contributed by atoms with van der Waals surface area (Å²) in [5.41, 5.74) is 0. The molecular weight excluding hydrogens is 172 g/mol. The third kappa shape index (κ3) is 1.59. The highest BCUT2D eigenvalue weighted by atomic mass is 16.8. The van der Waals surface area contributed by atoms with Crippen molar-refractivity contribution in [2.45, 2.75) is 51.0 Å². The topological polar surface area (TPSA) is 47.9 Å². The van der Waals surface area contributed by atoms with E-state index in [1.165, 1.54) is 0 Å². The molecule has 0 aliphatic carbocycles. The average molecular weight is 188 g/mol. The maximum absolute atomic E-state index is 9.41. The molecule has 2 aliphatic rings. The fourth-order valence-electron chi connectivity index (χ4n) is 1.99. The van der Waals surface area contributed by atoms with Crippen molar-refractivity contribution >= 4 is 0 Å². The molecule has 0 aromatic heterocycles. The molecule has 2 aliphatic heterocycles. The van der Waals surface area contributed by atoms with E-state index in [0.29, 0.717) is 6.61 Å². The van der Waals surface area contributed by atoms with E-state index in [2.05, 4.69) is 0 Å². The molecule has 0 saturated carbocycles. The lowest BCUT2D eigenvalue weighted by Gasteiger charge is -2.22. The van der Waals surface area contributed by atoms with Crippen LogP contribution >= 0.6 is 0 Å². The van der Waals surface area contributed by atoms with Crippen LogP contribution in [0.1, 0.15) is 20.8 Å². The molecule has 0 aromatic rings. The molecule has 2 fully saturated rings. The Labute approximate surface area is 77.8 Å². The van der Waals surface area contributed by atoms with Crippen molar-refractivity contribution in [2.75, 3.05) is 6.61 Å². The number of rotatable bonds is 1. The van der Waals surface area contributed by atoms with Gasteiger partial charge in [-0.25, -0.2) is 0 Å². The highest BCUT2D eigenvalue weighted by Gasteiger charge is 2.51. The Morgan fingerprint density at radius 2 is 2.08 bits per heavy atom. The fraction of sp³-hybridized carbons (Fsp3) is 1.00. The Hall–Kier alpha value is -0.160. The van der Waals surface area contributed by atoms with Crippen LogP contribution in [0.2, 0.25) is 0 Å². The van der Waals surface area contributed by atoms with Crippen LogP contribution in [0.15, 0.2) is 0 Å². The third-order valence-corrected chi connectivity index (χ3v) is 2.47. The van der Waals surface area contributed by atoms with E-state index < -0.39 is 11.9 Å². The minimum Gasteiger partial charge on any atom is -0.391 e. The quantitative estimate of drug-likeness (QED) is 0.642. The highest BCUT2D eigenvalue weighted by molar-refractivity contribution is 4.94. The van der Waals surface area contributed by atoms with Crippen molar-refractivity contribution in [1.29, 1.82) is 0 Å². The first-order valence-electron chi connectivity index (χ1n) is 4.65. The molecule has 2 rings (SSSR count). The van der Waals surface area contributed by atoms with E-state index in [-0.39, 0.29) is 18.3 Å². The molecule has 0 radical (unpaired) electrons. The summed E-state index contributed by atoms with van der Waals surface area (Å²) in [6, 6.07) is 0. The van der Waals surface area contributed by atoms with Gasteiger partial charge < -0.3 is 19.3 Å². The zero-order chi connectivity index (χ0) is 9.64. The number of aliphatic hydroxyl groups excluding tert-OH is 1. The first kappa shape index (κ1) is 9.40. The van der Waals surface area contributed by atoms with Gasteiger partial charge in [-0.1, -0.05) is 0 Å². The lowest BCUT2D eigenvalue weighted by molar-refractivity contribution is -0.183. The van der Waals surface area contributed by atoms with Gasteiger partial charge in [0.2, 0.25) is 0 Å². The number of fused-ring (bicyclic) bond motifs is 1. The Bertz CT molecular complexity index is 202. The van der Waals surface area contributed by atoms with Crippen LogP contribution < -0.4 is 0 Å². The van der Waals surface area contributed by atoms with Crippen molar-refractivity contribution < 1.29 is 19.3 Å². The highest BCUT2D eigenvalue weighted by Crippen LogP contribution is 2.36. The Balaban J connectivity index is 2.08. The van der Waals surface area contributed by atoms with Gasteiger partial charge in [-0.05, 0) is 20.8 Å². The zero-order valence-corrected chi connectivity index (χ0v) is 8.19. The maximum atomic E-state index is 9.41. The van der Waals surface area contributed by atoms with Crippen LogP contribution in [-0.4, -0.2) is 41.9 Å². The normalized spacial score (nSPS) is 44.8. The van der Waals surface area contributed by atoms with Crippen LogP contribution in [-0.2, 0) is 14.2 Å². The van der Waals surface area contributed by atoms with E-state index in [9.17, 15) is 5.11 Å². The molecule has 76 valence electrons. The maximum Gasteiger partial charge on any atom is 0.164 e. The number of ether oxygens (including phenoxy) is 3. The first-order valence-corrected chi connectivity index (χ1v) is 4.65. The Morgan fingerprint density at radius 3 is 2.69 bits per heavy atom. The van der Waals surface area contributed by atoms with E-state index >= 15 is 0 Å². The lowest BCUT2D eigenvalue weighted by atomic mass is 10.1. The molecule has 0 aromatic carbocycles. The van der Waals surface area contributed by atoms with Crippen LogP contribution in [0.4, 0.5) is 0 Å². The number of aliphatic hydroxyl groups is 1. The van der Waals surface area contributed by atoms with Crippen molar-refractivity contribution in [2.24, 2.45) is 0 Å². The average Bonchev–Trinajstić information content (AvgIpc) is 2.41. The van der Waals surface area contributed by atoms with Crippen molar-refractivity contribution in [3.8, 4) is 0 Å². The SMILES string of the molecule is C[C@@H](O)[C@H]1OC[C@H]2OC(C)(C)O[C@@H]12. The lowest BCUT2D eigenvalue weighted by Crippen LogP contribution is -2.36.